The molecule has 0 unspecified atom stereocenters. The van der Waals surface area contributed by atoms with Crippen molar-refractivity contribution < 1.29 is 22.0 Å². The van der Waals surface area contributed by atoms with Crippen LogP contribution >= 0.6 is 0 Å². The van der Waals surface area contributed by atoms with Gasteiger partial charge < -0.3 is 0 Å². The summed E-state index contributed by atoms with van der Waals surface area (Å²) in [5.41, 5.74) is -3.88. The van der Waals surface area contributed by atoms with Crippen LogP contribution in [-0.2, 0) is 12.6 Å². The summed E-state index contributed by atoms with van der Waals surface area (Å²) in [7, 11) is 0. The van der Waals surface area contributed by atoms with Gasteiger partial charge in [-0.25, -0.2) is 13.8 Å². The zero-order chi connectivity index (χ0) is 13.9. The summed E-state index contributed by atoms with van der Waals surface area (Å²) in [6.45, 7) is 0. The first-order valence-electron chi connectivity index (χ1n) is 4.47. The molecule has 0 radical (unpaired) electrons. The van der Waals surface area contributed by atoms with Gasteiger partial charge in [0.15, 0.2) is 0 Å². The molecule has 0 spiro atoms. The summed E-state index contributed by atoms with van der Waals surface area (Å²) in [5.74, 6) is 0. The molecular weight excluding hydrogens is 257 g/mol. The number of rotatable bonds is 2. The molecule has 0 atom stereocenters. The third kappa shape index (κ3) is 2.72. The van der Waals surface area contributed by atoms with Crippen LogP contribution in [0.4, 0.5) is 22.0 Å². The summed E-state index contributed by atoms with van der Waals surface area (Å²) in [6.07, 6.45) is -8.81. The summed E-state index contributed by atoms with van der Waals surface area (Å²) in [6, 6.07) is 3.30. The van der Waals surface area contributed by atoms with Crippen LogP contribution in [0, 0.1) is 22.7 Å². The first-order valence-corrected chi connectivity index (χ1v) is 4.47. The molecule has 3 nitrogen and oxygen atoms in total. The molecule has 0 aromatic carbocycles. The number of halogens is 5. The standard InChI is InChI=1S/C10H4F5N3/c11-9(12)8-6(4-17)5(1-2-16)3-7(18-8)10(13,14)15/h3,9H,1H2. The van der Waals surface area contributed by atoms with Crippen molar-refractivity contribution in [2.24, 2.45) is 0 Å². The zero-order valence-electron chi connectivity index (χ0n) is 8.59. The van der Waals surface area contributed by atoms with Gasteiger partial charge in [0.2, 0.25) is 0 Å². The largest absolute Gasteiger partial charge is 0.433 e. The lowest BCUT2D eigenvalue weighted by Crippen LogP contribution is -2.13. The molecule has 1 rings (SSSR count). The predicted molar refractivity (Wildman–Crippen MR) is 48.2 cm³/mol. The van der Waals surface area contributed by atoms with Gasteiger partial charge in [-0.15, -0.1) is 0 Å². The summed E-state index contributed by atoms with van der Waals surface area (Å²) >= 11 is 0. The van der Waals surface area contributed by atoms with E-state index in [1.807, 2.05) is 0 Å². The molecule has 0 aliphatic rings. The van der Waals surface area contributed by atoms with Crippen molar-refractivity contribution in [3.05, 3.63) is 28.6 Å². The van der Waals surface area contributed by atoms with Gasteiger partial charge in [-0.1, -0.05) is 0 Å². The van der Waals surface area contributed by atoms with E-state index in [-0.39, 0.29) is 0 Å². The van der Waals surface area contributed by atoms with Gasteiger partial charge >= 0.3 is 6.18 Å². The molecule has 0 saturated carbocycles. The van der Waals surface area contributed by atoms with Crippen LogP contribution in [-0.4, -0.2) is 4.98 Å². The Morgan fingerprint density at radius 2 is 1.89 bits per heavy atom. The second kappa shape index (κ2) is 4.96. The number of pyridine rings is 1. The molecule has 18 heavy (non-hydrogen) atoms. The number of hydrogen-bond acceptors (Lipinski definition) is 3. The van der Waals surface area contributed by atoms with Crippen molar-refractivity contribution in [1.29, 1.82) is 10.5 Å². The minimum absolute atomic E-state index is 0.405. The normalized spacial score (nSPS) is 11.1. The van der Waals surface area contributed by atoms with Crippen molar-refractivity contribution in [1.82, 2.24) is 4.98 Å². The van der Waals surface area contributed by atoms with Crippen LogP contribution in [0.5, 0.6) is 0 Å². The van der Waals surface area contributed by atoms with Crippen LogP contribution in [0.15, 0.2) is 6.07 Å². The maximum absolute atomic E-state index is 12.5. The monoisotopic (exact) mass is 261 g/mol. The van der Waals surface area contributed by atoms with Crippen LogP contribution in [0.1, 0.15) is 28.9 Å². The molecule has 0 bridgehead atoms. The number of hydrogen-bond donors (Lipinski definition) is 0. The Labute approximate surface area is 98.1 Å². The Hall–Kier alpha value is -2.22. The number of alkyl halides is 5. The minimum atomic E-state index is -4.91. The SMILES string of the molecule is N#CCc1cc(C(F)(F)F)nc(C(F)F)c1C#N. The number of aromatic nitrogens is 1. The Balaban J connectivity index is 3.56. The summed E-state index contributed by atoms with van der Waals surface area (Å²) in [5, 5.41) is 17.1. The van der Waals surface area contributed by atoms with E-state index in [2.05, 4.69) is 4.98 Å². The zero-order valence-corrected chi connectivity index (χ0v) is 8.59. The second-order valence-electron chi connectivity index (χ2n) is 3.17. The van der Waals surface area contributed by atoms with E-state index in [0.717, 1.165) is 0 Å². The van der Waals surface area contributed by atoms with Crippen LogP contribution in [0.25, 0.3) is 0 Å². The lowest BCUT2D eigenvalue weighted by atomic mass is 10.0. The highest BCUT2D eigenvalue weighted by Gasteiger charge is 2.35. The van der Waals surface area contributed by atoms with Crippen molar-refractivity contribution >= 4 is 0 Å². The molecule has 0 aliphatic heterocycles. The number of nitrogens with zero attached hydrogens (tertiary/aromatic N) is 3. The van der Waals surface area contributed by atoms with Crippen LogP contribution in [0.3, 0.4) is 0 Å². The summed E-state index contributed by atoms with van der Waals surface area (Å²) < 4.78 is 62.3. The maximum Gasteiger partial charge on any atom is 0.433 e. The van der Waals surface area contributed by atoms with Gasteiger partial charge in [0, 0.05) is 0 Å². The Morgan fingerprint density at radius 1 is 1.28 bits per heavy atom. The molecule has 0 amide bonds. The van der Waals surface area contributed by atoms with Crippen molar-refractivity contribution in [3.8, 4) is 12.1 Å². The minimum Gasteiger partial charge on any atom is -0.241 e. The van der Waals surface area contributed by atoms with Gasteiger partial charge in [-0.2, -0.15) is 23.7 Å². The van der Waals surface area contributed by atoms with E-state index >= 15 is 0 Å². The van der Waals surface area contributed by atoms with Crippen LogP contribution < -0.4 is 0 Å². The molecule has 0 aliphatic carbocycles. The lowest BCUT2D eigenvalue weighted by molar-refractivity contribution is -0.141. The van der Waals surface area contributed by atoms with Gasteiger partial charge in [0.05, 0.1) is 18.1 Å². The summed E-state index contributed by atoms with van der Waals surface area (Å²) in [4.78, 5) is 2.75. The molecule has 0 N–H and O–H groups in total. The highest BCUT2D eigenvalue weighted by molar-refractivity contribution is 5.44. The van der Waals surface area contributed by atoms with Gasteiger partial charge in [-0.05, 0) is 11.6 Å². The predicted octanol–water partition coefficient (Wildman–Crippen LogP) is 2.98. The third-order valence-corrected chi connectivity index (χ3v) is 2.01. The third-order valence-electron chi connectivity index (χ3n) is 2.01. The molecule has 1 heterocycles. The van der Waals surface area contributed by atoms with Crippen LogP contribution in [0.2, 0.25) is 0 Å². The molecule has 0 saturated heterocycles. The van der Waals surface area contributed by atoms with Crippen molar-refractivity contribution in [2.75, 3.05) is 0 Å². The average molecular weight is 261 g/mol. The van der Waals surface area contributed by atoms with Gasteiger partial charge in [0.1, 0.15) is 17.5 Å². The van der Waals surface area contributed by atoms with E-state index in [1.165, 1.54) is 12.1 Å². The maximum atomic E-state index is 12.5. The fourth-order valence-electron chi connectivity index (χ4n) is 1.28. The Morgan fingerprint density at radius 3 is 2.28 bits per heavy atom. The fraction of sp³-hybridized carbons (Fsp3) is 0.300. The molecule has 1 aromatic rings. The van der Waals surface area contributed by atoms with E-state index in [4.69, 9.17) is 10.5 Å². The topological polar surface area (TPSA) is 60.5 Å². The molecule has 0 fully saturated rings. The lowest BCUT2D eigenvalue weighted by Gasteiger charge is -2.11. The first-order chi connectivity index (χ1) is 8.31. The van der Waals surface area contributed by atoms with E-state index in [0.29, 0.717) is 6.07 Å². The smallest absolute Gasteiger partial charge is 0.241 e. The molecule has 8 heteroatoms. The first kappa shape index (κ1) is 13.8. The van der Waals surface area contributed by atoms with E-state index in [9.17, 15) is 22.0 Å². The highest BCUT2D eigenvalue weighted by atomic mass is 19.4. The number of nitriles is 2. The van der Waals surface area contributed by atoms with Gasteiger partial charge in [-0.3, -0.25) is 0 Å². The Kier molecular flexibility index (Phi) is 3.82. The van der Waals surface area contributed by atoms with Crippen molar-refractivity contribution in [3.63, 3.8) is 0 Å². The Bertz CT molecular complexity index is 536. The second-order valence-corrected chi connectivity index (χ2v) is 3.17. The van der Waals surface area contributed by atoms with E-state index in [1.54, 1.807) is 0 Å². The van der Waals surface area contributed by atoms with Crippen molar-refractivity contribution in [2.45, 2.75) is 19.0 Å². The molecule has 94 valence electrons. The highest BCUT2D eigenvalue weighted by Crippen LogP contribution is 2.32. The van der Waals surface area contributed by atoms with E-state index < -0.39 is 41.5 Å². The van der Waals surface area contributed by atoms with Gasteiger partial charge in [0.25, 0.3) is 6.43 Å². The quantitative estimate of drug-likeness (QED) is 0.769. The molecular formula is C10H4F5N3. The molecule has 1 aromatic heterocycles. The average Bonchev–Trinajstić information content (AvgIpc) is 2.27. The fourth-order valence-corrected chi connectivity index (χ4v) is 1.28.